The molecule has 0 radical (unpaired) electrons. The fourth-order valence-corrected chi connectivity index (χ4v) is 52.2. The van der Waals surface area contributed by atoms with E-state index >= 15 is 0 Å². The van der Waals surface area contributed by atoms with Gasteiger partial charge in [-0.15, -0.1) is 0 Å². The van der Waals surface area contributed by atoms with Crippen LogP contribution in [-0.2, 0) is 40.3 Å². The summed E-state index contributed by atoms with van der Waals surface area (Å²) in [6.45, 7) is 1.68. The fourth-order valence-electron chi connectivity index (χ4n) is 12.2. The van der Waals surface area contributed by atoms with E-state index in [9.17, 15) is 65.9 Å². The maximum atomic E-state index is 14.5. The molecule has 0 bridgehead atoms. The zero-order chi connectivity index (χ0) is 51.7. The number of alkyl halides is 15. The Balaban J connectivity index is 1.42. The second-order valence-corrected chi connectivity index (χ2v) is 61.5. The molecule has 0 nitrogen and oxygen atoms in total. The van der Waals surface area contributed by atoms with Crippen molar-refractivity contribution in [2.24, 2.45) is 11.8 Å². The summed E-state index contributed by atoms with van der Waals surface area (Å²) in [5.74, 6) is -3.18. The van der Waals surface area contributed by atoms with E-state index in [1.54, 1.807) is 30.8 Å². The van der Waals surface area contributed by atoms with E-state index in [2.05, 4.69) is 0 Å². The van der Waals surface area contributed by atoms with Gasteiger partial charge in [-0.25, -0.2) is 0 Å². The van der Waals surface area contributed by atoms with E-state index < -0.39 is 105 Å². The van der Waals surface area contributed by atoms with E-state index in [0.717, 1.165) is 64.2 Å². The van der Waals surface area contributed by atoms with Crippen molar-refractivity contribution < 1.29 is 81.4 Å². The molecule has 3 unspecified atom stereocenters. The molecule has 4 aliphatic carbocycles. The van der Waals surface area contributed by atoms with Crippen molar-refractivity contribution in [3.05, 3.63) is 128 Å². The van der Waals surface area contributed by atoms with Crippen LogP contribution >= 0.6 is 17.0 Å². The summed E-state index contributed by atoms with van der Waals surface area (Å²) in [5.41, 5.74) is -4.61. The van der Waals surface area contributed by atoms with Crippen LogP contribution < -0.4 is 0 Å². The number of hydrogen-bond donors (Lipinski definition) is 0. The Hall–Kier alpha value is -3.01. The minimum atomic E-state index is -6.55. The molecule has 0 spiro atoms. The average molecular weight is 1150 g/mol. The first-order chi connectivity index (χ1) is 32.9. The molecule has 8 rings (SSSR count). The quantitative estimate of drug-likeness (QED) is 0.104. The second kappa shape index (κ2) is 19.6. The average Bonchev–Trinajstić information content (AvgIpc) is 3.86. The minimum absolute atomic E-state index is 0.00466. The molecule has 0 aliphatic heterocycles. The predicted octanol–water partition coefficient (Wildman–Crippen LogP) is 19.9. The number of allylic oxidation sites excluding steroid dienone is 2. The molecule has 4 aliphatic rings. The summed E-state index contributed by atoms with van der Waals surface area (Å²) in [4.78, 5) is 0. The van der Waals surface area contributed by atoms with Crippen LogP contribution in [0.5, 0.6) is 0 Å². The molecule has 4 aromatic rings. The van der Waals surface area contributed by atoms with Crippen LogP contribution in [0, 0.1) is 11.8 Å². The van der Waals surface area contributed by atoms with E-state index in [1.807, 2.05) is 0 Å². The predicted molar refractivity (Wildman–Crippen MR) is 248 cm³/mol. The van der Waals surface area contributed by atoms with Crippen LogP contribution in [0.15, 0.2) is 83.9 Å². The summed E-state index contributed by atoms with van der Waals surface area (Å²) >= 11 is -6.55. The number of hydrogen-bond acceptors (Lipinski definition) is 0. The normalized spacial score (nSPS) is 20.8. The van der Waals surface area contributed by atoms with Crippen LogP contribution in [0.25, 0.3) is 34.4 Å². The van der Waals surface area contributed by atoms with Crippen LogP contribution in [0.2, 0.25) is 12.6 Å². The number of fused-ring (bicyclic) bond motifs is 2. The Morgan fingerprint density at radius 2 is 0.831 bits per heavy atom. The summed E-state index contributed by atoms with van der Waals surface area (Å²) in [7, 11) is 17.4. The molecule has 19 heteroatoms. The van der Waals surface area contributed by atoms with Crippen molar-refractivity contribution in [2.75, 3.05) is 0 Å². The Labute approximate surface area is 410 Å². The van der Waals surface area contributed by atoms with Gasteiger partial charge in [-0.2, -0.15) is 0 Å². The van der Waals surface area contributed by atoms with Gasteiger partial charge in [0.05, 0.1) is 0 Å². The summed E-state index contributed by atoms with van der Waals surface area (Å²) in [6.07, 6.45) is -14.2. The van der Waals surface area contributed by atoms with Crippen LogP contribution in [0.1, 0.15) is 135 Å². The maximum absolute atomic E-state index is 14.5. The van der Waals surface area contributed by atoms with E-state index in [-0.39, 0.29) is 46.2 Å². The van der Waals surface area contributed by atoms with Gasteiger partial charge in [0, 0.05) is 0 Å². The van der Waals surface area contributed by atoms with Gasteiger partial charge in [-0.05, 0) is 0 Å². The zero-order valence-electron chi connectivity index (χ0n) is 38.3. The molecule has 0 aromatic heterocycles. The van der Waals surface area contributed by atoms with Crippen LogP contribution in [0.4, 0.5) is 65.9 Å². The first-order valence-corrected chi connectivity index (χ1v) is 39.8. The van der Waals surface area contributed by atoms with Crippen LogP contribution in [0.3, 0.4) is 0 Å². The van der Waals surface area contributed by atoms with Crippen molar-refractivity contribution in [1.29, 1.82) is 0 Å². The molecule has 0 amide bonds. The third-order valence-electron chi connectivity index (χ3n) is 15.5. The van der Waals surface area contributed by atoms with E-state index in [4.69, 9.17) is 17.0 Å². The third kappa shape index (κ3) is 11.2. The van der Waals surface area contributed by atoms with Gasteiger partial charge in [0.1, 0.15) is 0 Å². The summed E-state index contributed by atoms with van der Waals surface area (Å²) in [6, 6.07) is 11.1. The van der Waals surface area contributed by atoms with Crippen molar-refractivity contribution in [3.8, 4) is 22.3 Å². The number of halogens is 17. The molecule has 2 fully saturated rings. The van der Waals surface area contributed by atoms with E-state index in [0.29, 0.717) is 59.4 Å². The van der Waals surface area contributed by atoms with Crippen molar-refractivity contribution in [3.63, 3.8) is 0 Å². The molecule has 385 valence electrons. The Kier molecular flexibility index (Phi) is 15.0. The van der Waals surface area contributed by atoms with Crippen molar-refractivity contribution in [2.45, 2.75) is 134 Å². The number of rotatable bonds is 11. The first-order valence-electron chi connectivity index (χ1n) is 23.8. The van der Waals surface area contributed by atoms with E-state index in [1.165, 1.54) is 24.3 Å². The molecular weight excluding hydrogens is 1100 g/mol. The SMILES string of the molecule is C[SiH](CCC(F)(F)F)[Zr]([Cl])([Cl])([CH]1C(CC2CCCCC2)=Cc2c(-c3cc(C(F)(F)F)cc(C(F)(F)F)c3)cccc21)[CH]1C(CC2CCCCC2)=Cc2c(-c3cc(C(F)(F)F)cc(C(F)(F)F)c3)cccc21. The number of benzene rings is 4. The third-order valence-corrected chi connectivity index (χ3v) is 65.7. The van der Waals surface area contributed by atoms with Gasteiger partial charge in [0.25, 0.3) is 0 Å². The Bertz CT molecular complexity index is 2470. The summed E-state index contributed by atoms with van der Waals surface area (Å²) in [5, 5.41) is 0. The first kappa shape index (κ1) is 54.3. The Morgan fingerprint density at radius 1 is 0.493 bits per heavy atom. The van der Waals surface area contributed by atoms with Gasteiger partial charge in [-0.3, -0.25) is 0 Å². The molecule has 2 saturated carbocycles. The zero-order valence-corrected chi connectivity index (χ0v) is 43.4. The van der Waals surface area contributed by atoms with Crippen molar-refractivity contribution in [1.82, 2.24) is 0 Å². The molecular formula is C52H50Cl2F15SiZr. The molecule has 3 atom stereocenters. The van der Waals surface area contributed by atoms with Gasteiger partial charge in [-0.1, -0.05) is 0 Å². The molecule has 0 N–H and O–H groups in total. The second-order valence-electron chi connectivity index (χ2n) is 20.2. The monoisotopic (exact) mass is 1150 g/mol. The molecule has 0 saturated heterocycles. The summed E-state index contributed by atoms with van der Waals surface area (Å²) < 4.78 is 214. The van der Waals surface area contributed by atoms with Gasteiger partial charge in [0.15, 0.2) is 0 Å². The molecule has 0 heterocycles. The standard InChI is InChI=1S/2C24H21F6.C4H8F3Si.2ClH.Zr/c2*25-23(26,27)19-12-18(13-20(14-19)24(28,29)30)21-8-4-7-17-10-16(11-22(17)21)9-15-5-2-1-3-6-15;1-8-3-2-4(5,6)7;;;/h2*4,7-8,10-15H,1-3,5-6,9H2;8H,2-3H2,1H3;2*1H;/q;;;;;+2/p-2. The fraction of sp³-hybridized carbons (Fsp3) is 0.462. The van der Waals surface area contributed by atoms with Gasteiger partial charge in [0.2, 0.25) is 0 Å². The van der Waals surface area contributed by atoms with Crippen molar-refractivity contribution >= 4 is 35.1 Å². The van der Waals surface area contributed by atoms with Gasteiger partial charge >= 0.3 is 413 Å². The van der Waals surface area contributed by atoms with Crippen LogP contribution in [-0.4, -0.2) is 12.1 Å². The molecule has 4 aromatic carbocycles. The molecule has 71 heavy (non-hydrogen) atoms. The van der Waals surface area contributed by atoms with Gasteiger partial charge < -0.3 is 0 Å². The topological polar surface area (TPSA) is 0 Å². The Morgan fingerprint density at radius 3 is 1.14 bits per heavy atom.